The van der Waals surface area contributed by atoms with E-state index in [1.807, 2.05) is 33.0 Å². The third-order valence-corrected chi connectivity index (χ3v) is 1.48. The Balaban J connectivity index is 4.28. The summed E-state index contributed by atoms with van der Waals surface area (Å²) in [4.78, 5) is 10.9. The van der Waals surface area contributed by atoms with Crippen molar-refractivity contribution in [2.24, 2.45) is 0 Å². The highest BCUT2D eigenvalue weighted by Crippen LogP contribution is 2.00. The van der Waals surface area contributed by atoms with Crippen LogP contribution in [-0.2, 0) is 4.79 Å². The van der Waals surface area contributed by atoms with Gasteiger partial charge < -0.3 is 5.43 Å². The molecule has 0 unspecified atom stereocenters. The van der Waals surface area contributed by atoms with Crippen LogP contribution in [0.15, 0.2) is 11.3 Å². The Kier molecular flexibility index (Phi) is 3.82. The first-order valence-electron chi connectivity index (χ1n) is 3.57. The predicted octanol–water partition coefficient (Wildman–Crippen LogP) is 0.935. The highest BCUT2D eigenvalue weighted by molar-refractivity contribution is 5.93. The Bertz CT molecular complexity index is 183. The lowest BCUT2D eigenvalue weighted by atomic mass is 10.2. The van der Waals surface area contributed by atoms with Gasteiger partial charge in [0.25, 0.3) is 0 Å². The van der Waals surface area contributed by atoms with Crippen molar-refractivity contribution >= 4 is 5.78 Å². The molecule has 0 aromatic carbocycles. The lowest BCUT2D eigenvalue weighted by Crippen LogP contribution is -2.29. The molecule has 0 fully saturated rings. The Morgan fingerprint density at radius 3 is 1.91 bits per heavy atom. The van der Waals surface area contributed by atoms with Gasteiger partial charge in [-0.15, -0.1) is 0 Å². The van der Waals surface area contributed by atoms with Gasteiger partial charge >= 0.3 is 0 Å². The number of Topliss-reactive ketones (excluding diaryl/α,β-unsaturated/α-hetero) is 1. The summed E-state index contributed by atoms with van der Waals surface area (Å²) in [7, 11) is 3.77. The summed E-state index contributed by atoms with van der Waals surface area (Å²) in [5, 5.41) is 1.81. The summed E-state index contributed by atoms with van der Waals surface area (Å²) in [6, 6.07) is 0. The van der Waals surface area contributed by atoms with Crippen molar-refractivity contribution < 1.29 is 4.79 Å². The minimum absolute atomic E-state index is 0.108. The molecule has 0 aliphatic rings. The third kappa shape index (κ3) is 3.78. The number of carbonyl (C=O) groups is 1. The molecule has 0 bridgehead atoms. The minimum atomic E-state index is 0.108. The summed E-state index contributed by atoms with van der Waals surface area (Å²) in [6.45, 7) is 5.26. The highest BCUT2D eigenvalue weighted by atomic mass is 16.1. The van der Waals surface area contributed by atoms with E-state index in [1.54, 1.807) is 6.92 Å². The maximum atomic E-state index is 10.9. The normalized spacial score (nSPS) is 12.9. The van der Waals surface area contributed by atoms with Gasteiger partial charge in [0, 0.05) is 25.4 Å². The zero-order valence-corrected chi connectivity index (χ0v) is 7.86. The number of nitrogens with one attached hydrogen (secondary N) is 1. The van der Waals surface area contributed by atoms with E-state index in [-0.39, 0.29) is 5.78 Å². The van der Waals surface area contributed by atoms with Crippen LogP contribution in [0.3, 0.4) is 0 Å². The van der Waals surface area contributed by atoms with Gasteiger partial charge in [-0.05, 0) is 20.8 Å². The molecule has 11 heavy (non-hydrogen) atoms. The number of carbonyl (C=O) groups excluding carboxylic acids is 1. The second kappa shape index (κ2) is 4.13. The minimum Gasteiger partial charge on any atom is -0.323 e. The van der Waals surface area contributed by atoms with E-state index in [0.717, 1.165) is 11.3 Å². The molecule has 1 N–H and O–H groups in total. The molecule has 0 heterocycles. The van der Waals surface area contributed by atoms with Crippen LogP contribution < -0.4 is 5.43 Å². The summed E-state index contributed by atoms with van der Waals surface area (Å²) >= 11 is 0. The molecule has 64 valence electrons. The quantitative estimate of drug-likeness (QED) is 0.487. The van der Waals surface area contributed by atoms with Gasteiger partial charge in [0.1, 0.15) is 0 Å². The molecule has 0 aromatic rings. The summed E-state index contributed by atoms with van der Waals surface area (Å²) in [5.74, 6) is 0.108. The van der Waals surface area contributed by atoms with E-state index >= 15 is 0 Å². The number of hydrogen-bond donors (Lipinski definition) is 1. The Hall–Kier alpha value is -0.830. The smallest absolute Gasteiger partial charge is 0.157 e. The number of nitrogens with zero attached hydrogens (tertiary/aromatic N) is 1. The third-order valence-electron chi connectivity index (χ3n) is 1.48. The van der Waals surface area contributed by atoms with Gasteiger partial charge in [-0.1, -0.05) is 0 Å². The molecule has 0 aliphatic carbocycles. The van der Waals surface area contributed by atoms with Crippen molar-refractivity contribution in [2.75, 3.05) is 14.1 Å². The van der Waals surface area contributed by atoms with Crippen molar-refractivity contribution in [1.29, 1.82) is 0 Å². The van der Waals surface area contributed by atoms with Gasteiger partial charge in [0.2, 0.25) is 0 Å². The van der Waals surface area contributed by atoms with E-state index in [4.69, 9.17) is 0 Å². The van der Waals surface area contributed by atoms with Crippen LogP contribution in [0.4, 0.5) is 0 Å². The van der Waals surface area contributed by atoms with Crippen molar-refractivity contribution in [3.63, 3.8) is 0 Å². The average Bonchev–Trinajstić information content (AvgIpc) is 1.84. The van der Waals surface area contributed by atoms with Crippen LogP contribution in [0.1, 0.15) is 20.8 Å². The van der Waals surface area contributed by atoms with E-state index < -0.39 is 0 Å². The lowest BCUT2D eigenvalue weighted by molar-refractivity contribution is -0.113. The summed E-state index contributed by atoms with van der Waals surface area (Å²) < 4.78 is 0. The van der Waals surface area contributed by atoms with Crippen LogP contribution in [0.25, 0.3) is 0 Å². The second-order valence-corrected chi connectivity index (χ2v) is 2.81. The zero-order chi connectivity index (χ0) is 9.02. The molecule has 0 aliphatic heterocycles. The van der Waals surface area contributed by atoms with Crippen LogP contribution in [0, 0.1) is 0 Å². The van der Waals surface area contributed by atoms with Gasteiger partial charge in [-0.3, -0.25) is 4.79 Å². The Labute approximate surface area is 68.0 Å². The molecule has 0 amide bonds. The lowest BCUT2D eigenvalue weighted by Gasteiger charge is -2.15. The van der Waals surface area contributed by atoms with Crippen LogP contribution in [0.5, 0.6) is 0 Å². The van der Waals surface area contributed by atoms with Crippen LogP contribution in [-0.4, -0.2) is 24.9 Å². The molecule has 0 spiro atoms. The Morgan fingerprint density at radius 1 is 1.18 bits per heavy atom. The second-order valence-electron chi connectivity index (χ2n) is 2.81. The first kappa shape index (κ1) is 10.2. The van der Waals surface area contributed by atoms with Gasteiger partial charge in [-0.2, -0.15) is 0 Å². The highest BCUT2D eigenvalue weighted by Gasteiger charge is 2.01. The molecular formula is C8H16N2O. The fourth-order valence-electron chi connectivity index (χ4n) is 0.683. The van der Waals surface area contributed by atoms with Gasteiger partial charge in [-0.25, -0.2) is 5.01 Å². The average molecular weight is 156 g/mol. The van der Waals surface area contributed by atoms with E-state index in [1.165, 1.54) is 0 Å². The van der Waals surface area contributed by atoms with Crippen molar-refractivity contribution in [3.05, 3.63) is 11.3 Å². The van der Waals surface area contributed by atoms with Gasteiger partial charge in [0.15, 0.2) is 5.78 Å². The number of ketones is 1. The van der Waals surface area contributed by atoms with E-state index in [0.29, 0.717) is 0 Å². The first-order valence-corrected chi connectivity index (χ1v) is 3.57. The molecule has 3 nitrogen and oxygen atoms in total. The van der Waals surface area contributed by atoms with Crippen molar-refractivity contribution in [2.45, 2.75) is 20.8 Å². The predicted molar refractivity (Wildman–Crippen MR) is 45.9 cm³/mol. The van der Waals surface area contributed by atoms with Gasteiger partial charge in [0.05, 0.1) is 0 Å². The van der Waals surface area contributed by atoms with E-state index in [9.17, 15) is 4.79 Å². The SMILES string of the molecule is CC(=O)C(C)=C(C)NN(C)C. The Morgan fingerprint density at radius 2 is 1.64 bits per heavy atom. The largest absolute Gasteiger partial charge is 0.323 e. The maximum absolute atomic E-state index is 10.9. The monoisotopic (exact) mass is 156 g/mol. The van der Waals surface area contributed by atoms with Crippen LogP contribution in [0.2, 0.25) is 0 Å². The molecule has 0 aromatic heterocycles. The molecular weight excluding hydrogens is 140 g/mol. The van der Waals surface area contributed by atoms with Crippen molar-refractivity contribution in [1.82, 2.24) is 10.4 Å². The summed E-state index contributed by atoms with van der Waals surface area (Å²) in [5.41, 5.74) is 4.70. The standard InChI is InChI=1S/C8H16N2O/c1-6(8(3)11)7(2)9-10(4)5/h9H,1-5H3. The fraction of sp³-hybridized carbons (Fsp3) is 0.625. The fourth-order valence-corrected chi connectivity index (χ4v) is 0.683. The molecule has 3 heteroatoms. The summed E-state index contributed by atoms with van der Waals surface area (Å²) in [6.07, 6.45) is 0. The molecule has 0 atom stereocenters. The number of allylic oxidation sites excluding steroid dienone is 2. The van der Waals surface area contributed by atoms with Crippen molar-refractivity contribution in [3.8, 4) is 0 Å². The zero-order valence-electron chi connectivity index (χ0n) is 7.86. The molecule has 0 saturated heterocycles. The maximum Gasteiger partial charge on any atom is 0.157 e. The number of rotatable bonds is 3. The van der Waals surface area contributed by atoms with Crippen LogP contribution >= 0.6 is 0 Å². The molecule has 0 rings (SSSR count). The number of hydrazine groups is 1. The molecule has 0 saturated carbocycles. The first-order chi connectivity index (χ1) is 4.95. The van der Waals surface area contributed by atoms with E-state index in [2.05, 4.69) is 5.43 Å². The molecule has 0 radical (unpaired) electrons. The topological polar surface area (TPSA) is 32.3 Å². The number of hydrogen-bond acceptors (Lipinski definition) is 3.